The molecule has 4 nitrogen and oxygen atoms in total. The molecule has 1 aliphatic heterocycles. The number of hydrogen-bond donors (Lipinski definition) is 1. The van der Waals surface area contributed by atoms with Gasteiger partial charge in [0.25, 0.3) is 0 Å². The molecule has 1 heterocycles. The van der Waals surface area contributed by atoms with E-state index in [4.69, 9.17) is 0 Å². The van der Waals surface area contributed by atoms with Crippen molar-refractivity contribution in [2.24, 2.45) is 0 Å². The maximum atomic E-state index is 12.6. The number of hydrogen-bond acceptors (Lipinski definition) is 3. The number of halogens is 4. The normalized spacial score (nSPS) is 18.7. The van der Waals surface area contributed by atoms with Gasteiger partial charge in [-0.3, -0.25) is 4.79 Å². The van der Waals surface area contributed by atoms with Crippen LogP contribution in [0.3, 0.4) is 0 Å². The quantitative estimate of drug-likeness (QED) is 0.913. The van der Waals surface area contributed by atoms with E-state index in [-0.39, 0.29) is 38.0 Å². The van der Waals surface area contributed by atoms with Crippen molar-refractivity contribution in [1.29, 1.82) is 0 Å². The smallest absolute Gasteiger partial charge is 0.365 e. The Kier molecular flexibility index (Phi) is 7.12. The summed E-state index contributed by atoms with van der Waals surface area (Å²) < 4.78 is 42.4. The highest BCUT2D eigenvalue weighted by molar-refractivity contribution is 5.85. The van der Waals surface area contributed by atoms with Gasteiger partial charge in [0, 0.05) is 13.1 Å². The average Bonchev–Trinajstić information content (AvgIpc) is 2.47. The molecule has 0 radical (unpaired) electrons. The number of benzene rings is 1. The summed E-state index contributed by atoms with van der Waals surface area (Å²) >= 11 is 0. The van der Waals surface area contributed by atoms with Crippen LogP contribution in [0.2, 0.25) is 0 Å². The number of rotatable bonds is 4. The van der Waals surface area contributed by atoms with Crippen molar-refractivity contribution in [1.82, 2.24) is 10.2 Å². The van der Waals surface area contributed by atoms with Crippen LogP contribution in [0.1, 0.15) is 5.56 Å². The highest BCUT2D eigenvalue weighted by Gasteiger charge is 2.44. The number of alkyl halides is 3. The van der Waals surface area contributed by atoms with Gasteiger partial charge in [-0.2, -0.15) is 13.2 Å². The number of carbonyl (C=O) groups excluding carboxylic acids is 1. The standard InChI is InChI=1S/C14H17F3N2O2.ClH/c15-14(16,17)12-10-19(6-7-21-12)13(20)9-18-8-11-4-2-1-3-5-11;/h1-5,12,18H,6-10H2;1H. The third-order valence-electron chi connectivity index (χ3n) is 3.23. The minimum Gasteiger partial charge on any atom is -0.365 e. The first kappa shape index (κ1) is 18.7. The predicted molar refractivity (Wildman–Crippen MR) is 77.8 cm³/mol. The Balaban J connectivity index is 0.00000242. The van der Waals surface area contributed by atoms with Crippen LogP contribution in [0.5, 0.6) is 0 Å². The lowest BCUT2D eigenvalue weighted by molar-refractivity contribution is -0.236. The lowest BCUT2D eigenvalue weighted by atomic mass is 10.2. The van der Waals surface area contributed by atoms with E-state index in [0.29, 0.717) is 6.54 Å². The van der Waals surface area contributed by atoms with Crippen LogP contribution in [0.25, 0.3) is 0 Å². The molecule has 1 aromatic rings. The number of morpholine rings is 1. The summed E-state index contributed by atoms with van der Waals surface area (Å²) in [7, 11) is 0. The molecule has 8 heteroatoms. The molecule has 1 aromatic carbocycles. The first-order valence-electron chi connectivity index (χ1n) is 6.67. The molecule has 124 valence electrons. The van der Waals surface area contributed by atoms with Crippen LogP contribution in [0.15, 0.2) is 30.3 Å². The van der Waals surface area contributed by atoms with E-state index in [1.165, 1.54) is 4.90 Å². The second kappa shape index (κ2) is 8.36. The molecule has 1 fully saturated rings. The molecule has 1 aliphatic rings. The van der Waals surface area contributed by atoms with Crippen LogP contribution < -0.4 is 5.32 Å². The topological polar surface area (TPSA) is 41.6 Å². The van der Waals surface area contributed by atoms with E-state index < -0.39 is 18.8 Å². The van der Waals surface area contributed by atoms with Gasteiger partial charge in [0.2, 0.25) is 5.91 Å². The van der Waals surface area contributed by atoms with Gasteiger partial charge >= 0.3 is 6.18 Å². The zero-order valence-corrected chi connectivity index (χ0v) is 12.6. The Morgan fingerprint density at radius 3 is 2.64 bits per heavy atom. The molecule has 2 rings (SSSR count). The molecular formula is C14H18ClF3N2O2. The lowest BCUT2D eigenvalue weighted by Gasteiger charge is -2.33. The molecular weight excluding hydrogens is 321 g/mol. The van der Waals surface area contributed by atoms with Gasteiger partial charge in [0.05, 0.1) is 19.7 Å². The Morgan fingerprint density at radius 1 is 1.32 bits per heavy atom. The summed E-state index contributed by atoms with van der Waals surface area (Å²) in [6.45, 7) is 0.182. The number of ether oxygens (including phenoxy) is 1. The lowest BCUT2D eigenvalue weighted by Crippen LogP contribution is -2.52. The van der Waals surface area contributed by atoms with Gasteiger partial charge in [-0.1, -0.05) is 30.3 Å². The van der Waals surface area contributed by atoms with Gasteiger partial charge < -0.3 is 15.0 Å². The highest BCUT2D eigenvalue weighted by atomic mass is 35.5. The Labute approximate surface area is 133 Å². The van der Waals surface area contributed by atoms with Crippen molar-refractivity contribution in [3.05, 3.63) is 35.9 Å². The first-order valence-corrected chi connectivity index (χ1v) is 6.67. The second-order valence-electron chi connectivity index (χ2n) is 4.83. The van der Waals surface area contributed by atoms with Gasteiger partial charge in [0.15, 0.2) is 6.10 Å². The van der Waals surface area contributed by atoms with Crippen molar-refractivity contribution < 1.29 is 22.7 Å². The van der Waals surface area contributed by atoms with Gasteiger partial charge in [-0.05, 0) is 5.56 Å². The van der Waals surface area contributed by atoms with Gasteiger partial charge in [-0.15, -0.1) is 12.4 Å². The molecule has 0 aromatic heterocycles. The van der Waals surface area contributed by atoms with E-state index in [1.807, 2.05) is 30.3 Å². The molecule has 1 unspecified atom stereocenters. The largest absolute Gasteiger partial charge is 0.416 e. The summed E-state index contributed by atoms with van der Waals surface area (Å²) in [6.07, 6.45) is -6.32. The van der Waals surface area contributed by atoms with Crippen molar-refractivity contribution in [2.45, 2.75) is 18.8 Å². The molecule has 0 bridgehead atoms. The van der Waals surface area contributed by atoms with Crippen LogP contribution in [-0.2, 0) is 16.1 Å². The zero-order chi connectivity index (χ0) is 15.3. The minimum atomic E-state index is -4.43. The SMILES string of the molecule is Cl.O=C(CNCc1ccccc1)N1CCOC(C(F)(F)F)C1. The summed E-state index contributed by atoms with van der Waals surface area (Å²) in [4.78, 5) is 13.1. The third kappa shape index (κ3) is 5.47. The maximum absolute atomic E-state index is 12.6. The van der Waals surface area contributed by atoms with E-state index in [9.17, 15) is 18.0 Å². The monoisotopic (exact) mass is 338 g/mol. The molecule has 0 aliphatic carbocycles. The van der Waals surface area contributed by atoms with E-state index >= 15 is 0 Å². The Morgan fingerprint density at radius 2 is 2.00 bits per heavy atom. The zero-order valence-electron chi connectivity index (χ0n) is 11.8. The molecule has 1 saturated heterocycles. The number of nitrogens with zero attached hydrogens (tertiary/aromatic N) is 1. The summed E-state index contributed by atoms with van der Waals surface area (Å²) in [5.74, 6) is -0.344. The predicted octanol–water partition coefficient (Wildman–Crippen LogP) is 1.99. The fourth-order valence-electron chi connectivity index (χ4n) is 2.10. The van der Waals surface area contributed by atoms with Gasteiger partial charge in [0.1, 0.15) is 0 Å². The van der Waals surface area contributed by atoms with Crippen molar-refractivity contribution in [3.8, 4) is 0 Å². The minimum absolute atomic E-state index is 0. The van der Waals surface area contributed by atoms with E-state index in [2.05, 4.69) is 10.1 Å². The molecule has 0 spiro atoms. The number of nitrogens with one attached hydrogen (secondary N) is 1. The van der Waals surface area contributed by atoms with Crippen molar-refractivity contribution in [3.63, 3.8) is 0 Å². The van der Waals surface area contributed by atoms with Crippen molar-refractivity contribution in [2.75, 3.05) is 26.2 Å². The van der Waals surface area contributed by atoms with Gasteiger partial charge in [-0.25, -0.2) is 0 Å². The van der Waals surface area contributed by atoms with Crippen LogP contribution >= 0.6 is 12.4 Å². The number of amides is 1. The van der Waals surface area contributed by atoms with E-state index in [0.717, 1.165) is 5.56 Å². The van der Waals surface area contributed by atoms with Crippen LogP contribution in [-0.4, -0.2) is 49.3 Å². The molecule has 1 atom stereocenters. The summed E-state index contributed by atoms with van der Waals surface area (Å²) in [5, 5.41) is 2.94. The summed E-state index contributed by atoms with van der Waals surface area (Å²) in [5.41, 5.74) is 1.01. The maximum Gasteiger partial charge on any atom is 0.416 e. The molecule has 22 heavy (non-hydrogen) atoms. The summed E-state index contributed by atoms with van der Waals surface area (Å²) in [6, 6.07) is 9.47. The second-order valence-corrected chi connectivity index (χ2v) is 4.83. The number of carbonyl (C=O) groups is 1. The third-order valence-corrected chi connectivity index (χ3v) is 3.23. The fourth-order valence-corrected chi connectivity index (χ4v) is 2.10. The van der Waals surface area contributed by atoms with Crippen LogP contribution in [0, 0.1) is 0 Å². The average molecular weight is 339 g/mol. The highest BCUT2D eigenvalue weighted by Crippen LogP contribution is 2.25. The fraction of sp³-hybridized carbons (Fsp3) is 0.500. The van der Waals surface area contributed by atoms with Crippen LogP contribution in [0.4, 0.5) is 13.2 Å². The molecule has 1 N–H and O–H groups in total. The molecule has 1 amide bonds. The van der Waals surface area contributed by atoms with E-state index in [1.54, 1.807) is 0 Å². The molecule has 0 saturated carbocycles. The Bertz CT molecular complexity index is 471. The Hall–Kier alpha value is -1.31. The first-order chi connectivity index (χ1) is 9.97. The van der Waals surface area contributed by atoms with Crippen molar-refractivity contribution >= 4 is 18.3 Å².